The minimum Gasteiger partial charge on any atom is -0.508 e. The van der Waals surface area contributed by atoms with Gasteiger partial charge in [0.05, 0.1) is 0 Å². The second kappa shape index (κ2) is 6.09. The van der Waals surface area contributed by atoms with Crippen molar-refractivity contribution in [2.45, 2.75) is 44.6 Å². The fraction of sp³-hybridized carbons (Fsp3) is 0.684. The van der Waals surface area contributed by atoms with Gasteiger partial charge in [-0.3, -0.25) is 4.90 Å². The molecule has 1 saturated heterocycles. The van der Waals surface area contributed by atoms with Crippen LogP contribution in [0, 0.1) is 11.8 Å². The maximum Gasteiger partial charge on any atom is 0.115 e. The lowest BCUT2D eigenvalue weighted by molar-refractivity contribution is 0.0841. The number of piperidine rings is 1. The van der Waals surface area contributed by atoms with Gasteiger partial charge in [-0.05, 0) is 78.2 Å². The van der Waals surface area contributed by atoms with Gasteiger partial charge in [0.25, 0.3) is 0 Å². The van der Waals surface area contributed by atoms with Gasteiger partial charge in [0.2, 0.25) is 0 Å². The van der Waals surface area contributed by atoms with E-state index in [1.54, 1.807) is 0 Å². The summed E-state index contributed by atoms with van der Waals surface area (Å²) >= 11 is 2.09. The Morgan fingerprint density at radius 3 is 2.95 bits per heavy atom. The molecule has 1 aliphatic heterocycles. The van der Waals surface area contributed by atoms with Crippen LogP contribution in [0.4, 0.5) is 0 Å². The fourth-order valence-electron chi connectivity index (χ4n) is 4.47. The van der Waals surface area contributed by atoms with Crippen LogP contribution in [0.3, 0.4) is 0 Å². The van der Waals surface area contributed by atoms with E-state index in [4.69, 9.17) is 0 Å². The predicted octanol–water partition coefficient (Wildman–Crippen LogP) is 3.89. The highest BCUT2D eigenvalue weighted by Crippen LogP contribution is 2.46. The topological polar surface area (TPSA) is 23.5 Å². The predicted molar refractivity (Wildman–Crippen MR) is 93.7 cm³/mol. The molecule has 3 aliphatic rings. The molecule has 2 fully saturated rings. The first-order chi connectivity index (χ1) is 10.7. The standard InChI is InChI=1S/C19H27NOS/c1-2-22-12-15-11-20(10-13-3-4-13)16-7-14-5-6-17(21)9-19(14)18(15)8-16/h5-6,9,13,15-16,18,21H,2-4,7-8,10-12H2,1H3/t15-,16-,18+/m1/s1. The SMILES string of the molecule is CCSC[C@H]1CN(CC2CC2)[C@@H]2Cc3ccc(O)cc3[C@H]1C2. The van der Waals surface area contributed by atoms with Crippen LogP contribution in [-0.2, 0) is 6.42 Å². The zero-order chi connectivity index (χ0) is 15.1. The summed E-state index contributed by atoms with van der Waals surface area (Å²) in [6.45, 7) is 4.87. The van der Waals surface area contributed by atoms with Gasteiger partial charge in [-0.15, -0.1) is 0 Å². The zero-order valence-corrected chi connectivity index (χ0v) is 14.3. The van der Waals surface area contributed by atoms with Crippen LogP contribution in [0.2, 0.25) is 0 Å². The van der Waals surface area contributed by atoms with Crippen LogP contribution in [0.15, 0.2) is 18.2 Å². The first-order valence-corrected chi connectivity index (χ1v) is 10.0. The molecule has 0 amide bonds. The molecule has 0 aromatic heterocycles. The normalized spacial score (nSPS) is 31.0. The van der Waals surface area contributed by atoms with Crippen molar-refractivity contribution in [3.8, 4) is 5.75 Å². The number of aromatic hydroxyl groups is 1. The van der Waals surface area contributed by atoms with Gasteiger partial charge in [-0.1, -0.05) is 13.0 Å². The lowest BCUT2D eigenvalue weighted by Gasteiger charge is -2.48. The molecule has 0 radical (unpaired) electrons. The number of phenolic OH excluding ortho intramolecular Hbond substituents is 1. The van der Waals surface area contributed by atoms with E-state index in [1.807, 2.05) is 6.07 Å². The number of thioether (sulfide) groups is 1. The van der Waals surface area contributed by atoms with Crippen molar-refractivity contribution in [2.75, 3.05) is 24.6 Å². The zero-order valence-electron chi connectivity index (χ0n) is 13.5. The molecule has 0 unspecified atom stereocenters. The number of fused-ring (bicyclic) bond motifs is 4. The maximum absolute atomic E-state index is 9.91. The quantitative estimate of drug-likeness (QED) is 0.891. The number of rotatable bonds is 5. The first-order valence-electron chi connectivity index (χ1n) is 8.88. The lowest BCUT2D eigenvalue weighted by Crippen LogP contribution is -2.51. The van der Waals surface area contributed by atoms with E-state index in [9.17, 15) is 5.11 Å². The molecule has 4 rings (SSSR count). The number of phenols is 1. The Morgan fingerprint density at radius 2 is 2.18 bits per heavy atom. The van der Waals surface area contributed by atoms with Crippen molar-refractivity contribution >= 4 is 11.8 Å². The van der Waals surface area contributed by atoms with Crippen LogP contribution in [-0.4, -0.2) is 40.6 Å². The molecule has 0 spiro atoms. The smallest absolute Gasteiger partial charge is 0.115 e. The molecule has 1 saturated carbocycles. The maximum atomic E-state index is 9.91. The molecule has 2 aliphatic carbocycles. The Balaban J connectivity index is 1.61. The van der Waals surface area contributed by atoms with Crippen molar-refractivity contribution in [1.29, 1.82) is 0 Å². The van der Waals surface area contributed by atoms with Crippen LogP contribution < -0.4 is 0 Å². The highest BCUT2D eigenvalue weighted by atomic mass is 32.2. The third kappa shape index (κ3) is 2.90. The van der Waals surface area contributed by atoms with Crippen molar-refractivity contribution in [3.63, 3.8) is 0 Å². The summed E-state index contributed by atoms with van der Waals surface area (Å²) in [5.41, 5.74) is 2.94. The monoisotopic (exact) mass is 317 g/mol. The Kier molecular flexibility index (Phi) is 4.12. The molecule has 1 N–H and O–H groups in total. The summed E-state index contributed by atoms with van der Waals surface area (Å²) in [4.78, 5) is 2.81. The summed E-state index contributed by atoms with van der Waals surface area (Å²) in [7, 11) is 0. The second-order valence-corrected chi connectivity index (χ2v) is 8.72. The molecule has 120 valence electrons. The van der Waals surface area contributed by atoms with Gasteiger partial charge in [-0.25, -0.2) is 0 Å². The largest absolute Gasteiger partial charge is 0.508 e. The Bertz CT molecular complexity index is 542. The summed E-state index contributed by atoms with van der Waals surface area (Å²) in [6, 6.07) is 6.84. The van der Waals surface area contributed by atoms with E-state index in [2.05, 4.69) is 35.7 Å². The highest BCUT2D eigenvalue weighted by molar-refractivity contribution is 7.99. The average molecular weight is 317 g/mol. The van der Waals surface area contributed by atoms with Crippen LogP contribution in [0.25, 0.3) is 0 Å². The number of hydrogen-bond donors (Lipinski definition) is 1. The molecular weight excluding hydrogens is 290 g/mol. The number of benzene rings is 1. The molecule has 22 heavy (non-hydrogen) atoms. The molecule has 1 aromatic carbocycles. The summed E-state index contributed by atoms with van der Waals surface area (Å²) in [5.74, 6) is 5.32. The van der Waals surface area contributed by atoms with Crippen LogP contribution in [0.5, 0.6) is 5.75 Å². The molecule has 1 aromatic rings. The summed E-state index contributed by atoms with van der Waals surface area (Å²) in [5, 5.41) is 9.91. The minimum absolute atomic E-state index is 0.444. The van der Waals surface area contributed by atoms with E-state index in [0.29, 0.717) is 11.7 Å². The van der Waals surface area contributed by atoms with E-state index >= 15 is 0 Å². The van der Waals surface area contributed by atoms with E-state index in [0.717, 1.165) is 17.9 Å². The van der Waals surface area contributed by atoms with E-state index in [1.165, 1.54) is 61.4 Å². The van der Waals surface area contributed by atoms with Gasteiger partial charge in [0.1, 0.15) is 5.75 Å². The lowest BCUT2D eigenvalue weighted by atomic mass is 9.70. The Morgan fingerprint density at radius 1 is 1.32 bits per heavy atom. The van der Waals surface area contributed by atoms with E-state index < -0.39 is 0 Å². The molecule has 1 heterocycles. The van der Waals surface area contributed by atoms with E-state index in [-0.39, 0.29) is 0 Å². The van der Waals surface area contributed by atoms with Gasteiger partial charge in [0, 0.05) is 19.1 Å². The third-order valence-corrected chi connectivity index (χ3v) is 6.86. The fourth-order valence-corrected chi connectivity index (χ4v) is 5.34. The van der Waals surface area contributed by atoms with Gasteiger partial charge in [0.15, 0.2) is 0 Å². The average Bonchev–Trinajstić information content (AvgIpc) is 3.33. The van der Waals surface area contributed by atoms with Crippen molar-refractivity contribution in [3.05, 3.63) is 29.3 Å². The summed E-state index contributed by atoms with van der Waals surface area (Å²) < 4.78 is 0. The van der Waals surface area contributed by atoms with Crippen molar-refractivity contribution < 1.29 is 5.11 Å². The summed E-state index contributed by atoms with van der Waals surface area (Å²) in [6.07, 6.45) is 5.39. The van der Waals surface area contributed by atoms with Gasteiger partial charge >= 0.3 is 0 Å². The molecule has 2 nitrogen and oxygen atoms in total. The highest BCUT2D eigenvalue weighted by Gasteiger charge is 2.42. The van der Waals surface area contributed by atoms with Gasteiger partial charge < -0.3 is 5.11 Å². The van der Waals surface area contributed by atoms with Gasteiger partial charge in [-0.2, -0.15) is 11.8 Å². The Hall–Kier alpha value is -0.670. The third-order valence-electron chi connectivity index (χ3n) is 5.79. The molecule has 3 atom stereocenters. The van der Waals surface area contributed by atoms with Crippen molar-refractivity contribution in [2.24, 2.45) is 11.8 Å². The van der Waals surface area contributed by atoms with Crippen LogP contribution >= 0.6 is 11.8 Å². The first kappa shape index (κ1) is 14.9. The molecule has 3 heteroatoms. The van der Waals surface area contributed by atoms with Crippen molar-refractivity contribution in [1.82, 2.24) is 4.90 Å². The second-order valence-electron chi connectivity index (χ2n) is 7.40. The number of nitrogens with zero attached hydrogens (tertiary/aromatic N) is 1. The molecule has 2 bridgehead atoms. The molecular formula is C19H27NOS. The minimum atomic E-state index is 0.444. The van der Waals surface area contributed by atoms with Crippen LogP contribution in [0.1, 0.15) is 43.2 Å². The number of hydrogen-bond acceptors (Lipinski definition) is 3. The number of likely N-dealkylation sites (tertiary alicyclic amines) is 1. The Labute approximate surface area is 138 Å².